The van der Waals surface area contributed by atoms with Crippen LogP contribution in [-0.2, 0) is 9.53 Å². The first-order valence-corrected chi connectivity index (χ1v) is 8.13. The highest BCUT2D eigenvalue weighted by Crippen LogP contribution is 2.31. The molecule has 1 heterocycles. The van der Waals surface area contributed by atoms with Crippen LogP contribution < -0.4 is 5.32 Å². The molecule has 25 heavy (non-hydrogen) atoms. The fourth-order valence-electron chi connectivity index (χ4n) is 2.83. The zero-order valence-electron chi connectivity index (χ0n) is 14.9. The maximum absolute atomic E-state index is 12.4. The third-order valence-corrected chi connectivity index (χ3v) is 4.09. The van der Waals surface area contributed by atoms with E-state index in [0.29, 0.717) is 5.56 Å². The minimum Gasteiger partial charge on any atom is -0.480 e. The Morgan fingerprint density at radius 3 is 2.36 bits per heavy atom. The van der Waals surface area contributed by atoms with Crippen LogP contribution in [0.5, 0.6) is 0 Å². The average Bonchev–Trinajstić information content (AvgIpc) is 2.84. The molecule has 7 nitrogen and oxygen atoms in total. The van der Waals surface area contributed by atoms with Gasteiger partial charge in [0, 0.05) is 24.6 Å². The van der Waals surface area contributed by atoms with Crippen LogP contribution >= 0.6 is 0 Å². The van der Waals surface area contributed by atoms with Gasteiger partial charge in [-0.3, -0.25) is 9.69 Å². The van der Waals surface area contributed by atoms with Gasteiger partial charge in [-0.25, -0.2) is 9.59 Å². The molecule has 0 unspecified atom stereocenters. The fourth-order valence-corrected chi connectivity index (χ4v) is 2.83. The summed E-state index contributed by atoms with van der Waals surface area (Å²) in [5.74, 6) is -1.43. The number of nitrogens with zero attached hydrogens (tertiary/aromatic N) is 1. The van der Waals surface area contributed by atoms with Crippen molar-refractivity contribution >= 4 is 18.0 Å². The summed E-state index contributed by atoms with van der Waals surface area (Å²) in [6.45, 7) is 6.69. The van der Waals surface area contributed by atoms with E-state index >= 15 is 0 Å². The van der Waals surface area contributed by atoms with Gasteiger partial charge in [-0.05, 0) is 39.8 Å². The number of carbonyl (C=O) groups excluding carboxylic acids is 2. The van der Waals surface area contributed by atoms with Gasteiger partial charge in [-0.15, -0.1) is 0 Å². The molecular weight excluding hydrogens is 324 g/mol. The van der Waals surface area contributed by atoms with Crippen molar-refractivity contribution in [3.63, 3.8) is 0 Å². The van der Waals surface area contributed by atoms with Crippen LogP contribution in [0.15, 0.2) is 30.3 Å². The smallest absolute Gasteiger partial charge is 0.411 e. The summed E-state index contributed by atoms with van der Waals surface area (Å²) in [4.78, 5) is 37.6. The second kappa shape index (κ2) is 6.74. The highest BCUT2D eigenvalue weighted by molar-refractivity contribution is 5.94. The summed E-state index contributed by atoms with van der Waals surface area (Å²) in [5.41, 5.74) is -1.69. The summed E-state index contributed by atoms with van der Waals surface area (Å²) < 4.78 is 5.32. The second-order valence-electron chi connectivity index (χ2n) is 7.41. The number of carboxylic acids is 1. The number of rotatable bonds is 3. The number of hydrogen-bond acceptors (Lipinski definition) is 4. The van der Waals surface area contributed by atoms with Crippen LogP contribution in [0.3, 0.4) is 0 Å². The van der Waals surface area contributed by atoms with E-state index in [0.717, 1.165) is 0 Å². The van der Waals surface area contributed by atoms with E-state index in [-0.39, 0.29) is 18.9 Å². The third kappa shape index (κ3) is 4.29. The van der Waals surface area contributed by atoms with Gasteiger partial charge in [-0.1, -0.05) is 18.2 Å². The van der Waals surface area contributed by atoms with E-state index in [1.807, 2.05) is 0 Å². The molecular formula is C18H24N2O5. The lowest BCUT2D eigenvalue weighted by Gasteiger charge is -2.32. The Morgan fingerprint density at radius 2 is 1.84 bits per heavy atom. The number of amides is 2. The van der Waals surface area contributed by atoms with Crippen molar-refractivity contribution in [1.82, 2.24) is 10.2 Å². The number of carbonyl (C=O) groups is 3. The third-order valence-electron chi connectivity index (χ3n) is 4.09. The topological polar surface area (TPSA) is 95.9 Å². The van der Waals surface area contributed by atoms with Crippen LogP contribution in [0.25, 0.3) is 0 Å². The largest absolute Gasteiger partial charge is 0.480 e. The van der Waals surface area contributed by atoms with Crippen LogP contribution in [0.1, 0.15) is 44.5 Å². The van der Waals surface area contributed by atoms with Gasteiger partial charge in [0.15, 0.2) is 0 Å². The molecule has 1 saturated heterocycles. The predicted octanol–water partition coefficient (Wildman–Crippen LogP) is 2.27. The Kier molecular flexibility index (Phi) is 5.06. The van der Waals surface area contributed by atoms with Gasteiger partial charge in [-0.2, -0.15) is 0 Å². The molecule has 0 aromatic heterocycles. The summed E-state index contributed by atoms with van der Waals surface area (Å²) in [7, 11) is 0. The first kappa shape index (κ1) is 18.8. The van der Waals surface area contributed by atoms with Crippen molar-refractivity contribution in [2.45, 2.75) is 51.3 Å². The Hall–Kier alpha value is -2.57. The zero-order chi connectivity index (χ0) is 18.8. The van der Waals surface area contributed by atoms with Crippen molar-refractivity contribution in [3.8, 4) is 0 Å². The van der Waals surface area contributed by atoms with Crippen molar-refractivity contribution in [2.24, 2.45) is 0 Å². The summed E-state index contributed by atoms with van der Waals surface area (Å²) in [6, 6.07) is 8.17. The van der Waals surface area contributed by atoms with Gasteiger partial charge in [0.05, 0.1) is 0 Å². The molecule has 1 fully saturated rings. The maximum atomic E-state index is 12.4. The van der Waals surface area contributed by atoms with Gasteiger partial charge in [0.25, 0.3) is 5.91 Å². The zero-order valence-corrected chi connectivity index (χ0v) is 14.9. The second-order valence-corrected chi connectivity index (χ2v) is 7.41. The average molecular weight is 348 g/mol. The molecule has 136 valence electrons. The van der Waals surface area contributed by atoms with Crippen molar-refractivity contribution in [3.05, 3.63) is 35.9 Å². The Labute approximate surface area is 147 Å². The van der Waals surface area contributed by atoms with E-state index in [1.54, 1.807) is 51.1 Å². The number of likely N-dealkylation sites (tertiary alicyclic amines) is 1. The SMILES string of the molecule is CC(C)(C)OC(=O)N1C[C@H](NC(=O)c2ccccc2)C[C@@]1(C)C(=O)O. The number of nitrogens with one attached hydrogen (secondary N) is 1. The van der Waals surface area contributed by atoms with E-state index in [1.165, 1.54) is 11.8 Å². The standard InChI is InChI=1S/C18H24N2O5/c1-17(2,3)25-16(24)20-11-13(10-18(20,4)15(22)23)19-14(21)12-8-6-5-7-9-12/h5-9,13H,10-11H2,1-4H3,(H,19,21)(H,22,23)/t13-,18+/m1/s1. The molecule has 7 heteroatoms. The van der Waals surface area contributed by atoms with Crippen molar-refractivity contribution < 1.29 is 24.2 Å². The minimum atomic E-state index is -1.43. The molecule has 1 aromatic carbocycles. The van der Waals surface area contributed by atoms with Crippen LogP contribution in [-0.4, -0.2) is 51.7 Å². The lowest BCUT2D eigenvalue weighted by Crippen LogP contribution is -2.52. The Morgan fingerprint density at radius 1 is 1.24 bits per heavy atom. The van der Waals surface area contributed by atoms with Crippen molar-refractivity contribution in [1.29, 1.82) is 0 Å². The Bertz CT molecular complexity index is 668. The normalized spacial score (nSPS) is 23.2. The molecule has 2 atom stereocenters. The van der Waals surface area contributed by atoms with Gasteiger partial charge < -0.3 is 15.2 Å². The van der Waals surface area contributed by atoms with Gasteiger partial charge in [0.2, 0.25) is 0 Å². The summed E-state index contributed by atoms with van der Waals surface area (Å²) in [6.07, 6.45) is -0.589. The van der Waals surface area contributed by atoms with E-state index in [9.17, 15) is 19.5 Å². The van der Waals surface area contributed by atoms with Crippen LogP contribution in [0.4, 0.5) is 4.79 Å². The monoisotopic (exact) mass is 348 g/mol. The van der Waals surface area contributed by atoms with Crippen LogP contribution in [0.2, 0.25) is 0 Å². The number of ether oxygens (including phenoxy) is 1. The lowest BCUT2D eigenvalue weighted by atomic mass is 9.97. The first-order valence-electron chi connectivity index (χ1n) is 8.13. The lowest BCUT2D eigenvalue weighted by molar-refractivity contribution is -0.148. The number of hydrogen-bond donors (Lipinski definition) is 2. The number of benzene rings is 1. The van der Waals surface area contributed by atoms with Gasteiger partial charge in [0.1, 0.15) is 11.1 Å². The summed E-state index contributed by atoms with van der Waals surface area (Å²) >= 11 is 0. The first-order chi connectivity index (χ1) is 11.5. The van der Waals surface area contributed by atoms with E-state index in [2.05, 4.69) is 5.32 Å². The minimum absolute atomic E-state index is 0.0796. The van der Waals surface area contributed by atoms with Crippen molar-refractivity contribution in [2.75, 3.05) is 6.54 Å². The molecule has 2 rings (SSSR count). The maximum Gasteiger partial charge on any atom is 0.411 e. The molecule has 1 aliphatic heterocycles. The molecule has 1 aromatic rings. The molecule has 0 bridgehead atoms. The molecule has 1 aliphatic rings. The van der Waals surface area contributed by atoms with E-state index in [4.69, 9.17) is 4.74 Å². The quantitative estimate of drug-likeness (QED) is 0.873. The summed E-state index contributed by atoms with van der Waals surface area (Å²) in [5, 5.41) is 12.4. The molecule has 0 spiro atoms. The number of aliphatic carboxylic acids is 1. The molecule has 0 radical (unpaired) electrons. The van der Waals surface area contributed by atoms with Crippen LogP contribution in [0, 0.1) is 0 Å². The fraction of sp³-hybridized carbons (Fsp3) is 0.500. The highest BCUT2D eigenvalue weighted by atomic mass is 16.6. The Balaban J connectivity index is 2.15. The van der Waals surface area contributed by atoms with E-state index < -0.39 is 29.2 Å². The molecule has 0 aliphatic carbocycles. The molecule has 2 N–H and O–H groups in total. The predicted molar refractivity (Wildman–Crippen MR) is 91.3 cm³/mol. The number of carboxylic acid groups (broad SMARTS) is 1. The highest BCUT2D eigenvalue weighted by Gasteiger charge is 2.51. The molecule has 0 saturated carbocycles. The molecule has 2 amide bonds. The van der Waals surface area contributed by atoms with Gasteiger partial charge >= 0.3 is 12.1 Å².